The van der Waals surface area contributed by atoms with Crippen molar-refractivity contribution >= 4 is 37.6 Å². The van der Waals surface area contributed by atoms with Gasteiger partial charge in [0.1, 0.15) is 0 Å². The molecule has 1 heterocycles. The summed E-state index contributed by atoms with van der Waals surface area (Å²) in [6.45, 7) is 3.86. The number of amides is 1. The number of benzene rings is 4. The lowest BCUT2D eigenvalue weighted by Crippen LogP contribution is -2.42. The van der Waals surface area contributed by atoms with Crippen LogP contribution in [0.1, 0.15) is 62.7 Å². The molecule has 0 aromatic heterocycles. The van der Waals surface area contributed by atoms with Gasteiger partial charge in [-0.1, -0.05) is 101 Å². The molecule has 0 radical (unpaired) electrons. The summed E-state index contributed by atoms with van der Waals surface area (Å²) in [4.78, 5) is 28.3. The number of aryl methyl sites for hydroxylation is 1. The quantitative estimate of drug-likeness (QED) is 0.198. The number of Topliss-reactive ketones (excluding diaryl/α,β-unsaturated/α-hetero) is 1. The minimum atomic E-state index is -4.29. The molecule has 0 unspecified atom stereocenters. The Morgan fingerprint density at radius 2 is 1.49 bits per heavy atom. The van der Waals surface area contributed by atoms with Crippen molar-refractivity contribution in [2.45, 2.75) is 37.1 Å². The van der Waals surface area contributed by atoms with Crippen LogP contribution in [0.25, 0.3) is 0 Å². The third kappa shape index (κ3) is 4.97. The number of halogens is 1. The molecule has 1 aliphatic heterocycles. The van der Waals surface area contributed by atoms with E-state index in [2.05, 4.69) is 15.9 Å². The van der Waals surface area contributed by atoms with Gasteiger partial charge in [-0.3, -0.25) is 9.59 Å². The highest BCUT2D eigenvalue weighted by Crippen LogP contribution is 2.49. The Bertz CT molecular complexity index is 1620. The third-order valence-corrected chi connectivity index (χ3v) is 9.72. The van der Waals surface area contributed by atoms with Crippen LogP contribution in [0.3, 0.4) is 0 Å². The second-order valence-electron chi connectivity index (χ2n) is 9.77. The van der Waals surface area contributed by atoms with Gasteiger partial charge in [-0.15, -0.1) is 0 Å². The van der Waals surface area contributed by atoms with Gasteiger partial charge < -0.3 is 0 Å². The van der Waals surface area contributed by atoms with Crippen molar-refractivity contribution < 1.29 is 18.0 Å². The van der Waals surface area contributed by atoms with Crippen LogP contribution in [-0.4, -0.2) is 24.4 Å². The molecule has 1 aliphatic rings. The van der Waals surface area contributed by atoms with E-state index >= 15 is 0 Å². The van der Waals surface area contributed by atoms with Crippen molar-refractivity contribution in [1.29, 1.82) is 0 Å². The number of sulfonamides is 1. The van der Waals surface area contributed by atoms with Crippen LogP contribution < -0.4 is 0 Å². The second-order valence-corrected chi connectivity index (χ2v) is 12.5. The van der Waals surface area contributed by atoms with Gasteiger partial charge in [0.05, 0.1) is 16.9 Å². The molecule has 3 atom stereocenters. The lowest BCUT2D eigenvalue weighted by molar-refractivity contribution is 0.0743. The Morgan fingerprint density at radius 1 is 0.872 bits per heavy atom. The smallest absolute Gasteiger partial charge is 0.268 e. The molecule has 4 aromatic carbocycles. The maximum atomic E-state index is 14.4. The monoisotopic (exact) mass is 601 g/mol. The lowest BCUT2D eigenvalue weighted by atomic mass is 9.74. The molecule has 0 saturated heterocycles. The van der Waals surface area contributed by atoms with Crippen LogP contribution >= 0.6 is 15.9 Å². The Morgan fingerprint density at radius 3 is 2.13 bits per heavy atom. The fraction of sp³-hybridized carbons (Fsp3) is 0.188. The molecule has 39 heavy (non-hydrogen) atoms. The largest absolute Gasteiger partial charge is 0.294 e. The van der Waals surface area contributed by atoms with Crippen LogP contribution in [0.2, 0.25) is 0 Å². The van der Waals surface area contributed by atoms with Crippen molar-refractivity contribution in [2.24, 2.45) is 5.92 Å². The van der Waals surface area contributed by atoms with Crippen LogP contribution in [0.5, 0.6) is 0 Å². The Labute approximate surface area is 237 Å². The van der Waals surface area contributed by atoms with E-state index in [4.69, 9.17) is 0 Å². The molecule has 0 fully saturated rings. The van der Waals surface area contributed by atoms with E-state index in [-0.39, 0.29) is 16.6 Å². The average Bonchev–Trinajstić information content (AvgIpc) is 3.25. The van der Waals surface area contributed by atoms with E-state index in [9.17, 15) is 18.0 Å². The first-order chi connectivity index (χ1) is 18.7. The van der Waals surface area contributed by atoms with Crippen molar-refractivity contribution in [1.82, 2.24) is 4.31 Å². The van der Waals surface area contributed by atoms with E-state index in [1.807, 2.05) is 44.2 Å². The summed E-state index contributed by atoms with van der Waals surface area (Å²) in [5.74, 6) is -2.03. The van der Waals surface area contributed by atoms with Crippen LogP contribution in [0, 0.1) is 12.8 Å². The van der Waals surface area contributed by atoms with Gasteiger partial charge in [-0.25, -0.2) is 12.7 Å². The predicted octanol–water partition coefficient (Wildman–Crippen LogP) is 7.34. The summed E-state index contributed by atoms with van der Waals surface area (Å²) in [6.07, 6.45) is 0.566. The normalized spacial score (nSPS) is 16.5. The predicted molar refractivity (Wildman–Crippen MR) is 155 cm³/mol. The molecule has 198 valence electrons. The number of ketones is 1. The molecule has 5 nitrogen and oxygen atoms in total. The third-order valence-electron chi connectivity index (χ3n) is 7.41. The zero-order valence-electron chi connectivity index (χ0n) is 21.6. The Balaban J connectivity index is 1.75. The van der Waals surface area contributed by atoms with Gasteiger partial charge in [-0.05, 0) is 60.7 Å². The number of fused-ring (bicyclic) bond motifs is 1. The van der Waals surface area contributed by atoms with Crippen LogP contribution in [0.4, 0.5) is 0 Å². The topological polar surface area (TPSA) is 71.5 Å². The molecule has 7 heteroatoms. The van der Waals surface area contributed by atoms with Crippen LogP contribution in [0.15, 0.2) is 112 Å². The zero-order valence-corrected chi connectivity index (χ0v) is 24.0. The molecule has 0 bridgehead atoms. The van der Waals surface area contributed by atoms with Gasteiger partial charge in [0.25, 0.3) is 15.9 Å². The van der Waals surface area contributed by atoms with Gasteiger partial charge in [0, 0.05) is 15.6 Å². The number of carbonyl (C=O) groups is 2. The summed E-state index contributed by atoms with van der Waals surface area (Å²) < 4.78 is 30.2. The highest BCUT2D eigenvalue weighted by Gasteiger charge is 2.51. The standard InChI is InChI=1S/C32H28BrNO4S/c1-3-26(22-15-17-24(33)18-16-22)29(31(35)23-9-5-4-6-10-23)30-27-11-7-8-12-28(27)32(36)34(30)39(37,38)25-19-13-21(2)14-20-25/h4-20,26,29-30H,3H2,1-2H3/t26-,29-,30-/m1/s1. The molecule has 0 N–H and O–H groups in total. The number of rotatable bonds is 8. The van der Waals surface area contributed by atoms with E-state index in [0.29, 0.717) is 23.1 Å². The van der Waals surface area contributed by atoms with Crippen LogP contribution in [-0.2, 0) is 10.0 Å². The van der Waals surface area contributed by atoms with E-state index in [1.165, 1.54) is 12.1 Å². The first-order valence-corrected chi connectivity index (χ1v) is 15.1. The van der Waals surface area contributed by atoms with Crippen molar-refractivity contribution in [2.75, 3.05) is 0 Å². The van der Waals surface area contributed by atoms with Gasteiger partial charge >= 0.3 is 0 Å². The Hall–Kier alpha value is -3.55. The first-order valence-electron chi connectivity index (χ1n) is 12.8. The number of nitrogens with zero attached hydrogens (tertiary/aromatic N) is 1. The number of carbonyl (C=O) groups excluding carboxylic acids is 2. The molecule has 0 spiro atoms. The number of hydrogen-bond donors (Lipinski definition) is 0. The Kier molecular flexibility index (Phi) is 7.56. The molecular weight excluding hydrogens is 574 g/mol. The zero-order chi connectivity index (χ0) is 27.7. The second kappa shape index (κ2) is 10.9. The maximum Gasteiger partial charge on any atom is 0.268 e. The van der Waals surface area contributed by atoms with Crippen molar-refractivity contribution in [3.8, 4) is 0 Å². The first kappa shape index (κ1) is 27.0. The van der Waals surface area contributed by atoms with Gasteiger partial charge in [0.15, 0.2) is 5.78 Å². The molecule has 4 aromatic rings. The summed E-state index contributed by atoms with van der Waals surface area (Å²) in [5, 5.41) is 0. The summed E-state index contributed by atoms with van der Waals surface area (Å²) in [5.41, 5.74) is 3.12. The average molecular weight is 603 g/mol. The lowest BCUT2D eigenvalue weighted by Gasteiger charge is -2.35. The summed E-state index contributed by atoms with van der Waals surface area (Å²) in [7, 11) is -4.29. The minimum Gasteiger partial charge on any atom is -0.294 e. The van der Waals surface area contributed by atoms with Gasteiger partial charge in [0.2, 0.25) is 0 Å². The highest BCUT2D eigenvalue weighted by atomic mass is 79.9. The summed E-state index contributed by atoms with van der Waals surface area (Å²) >= 11 is 3.48. The molecular formula is C32H28BrNO4S. The molecule has 0 saturated carbocycles. The summed E-state index contributed by atoms with van der Waals surface area (Å²) in [6, 6.07) is 29.0. The van der Waals surface area contributed by atoms with Gasteiger partial charge in [-0.2, -0.15) is 0 Å². The fourth-order valence-electron chi connectivity index (χ4n) is 5.49. The van der Waals surface area contributed by atoms with E-state index in [1.54, 1.807) is 60.7 Å². The van der Waals surface area contributed by atoms with E-state index in [0.717, 1.165) is 19.9 Å². The molecule has 0 aliphatic carbocycles. The molecule has 5 rings (SSSR count). The fourth-order valence-corrected chi connectivity index (χ4v) is 7.32. The maximum absolute atomic E-state index is 14.4. The number of hydrogen-bond acceptors (Lipinski definition) is 4. The van der Waals surface area contributed by atoms with E-state index < -0.39 is 27.9 Å². The minimum absolute atomic E-state index is 0.0156. The van der Waals surface area contributed by atoms with Crippen molar-refractivity contribution in [3.05, 3.63) is 135 Å². The SMILES string of the molecule is CC[C@H](c1ccc(Br)cc1)[C@@H](C(=O)c1ccccc1)[C@H]1c2ccccc2C(=O)N1S(=O)(=O)c1ccc(C)cc1. The highest BCUT2D eigenvalue weighted by molar-refractivity contribution is 9.10. The molecule has 1 amide bonds. The van der Waals surface area contributed by atoms with Crippen molar-refractivity contribution in [3.63, 3.8) is 0 Å².